The average Bonchev–Trinajstić information content (AvgIpc) is 3.00. The summed E-state index contributed by atoms with van der Waals surface area (Å²) < 4.78 is 43.4. The van der Waals surface area contributed by atoms with E-state index in [1.165, 1.54) is 6.07 Å². The first-order valence-corrected chi connectivity index (χ1v) is 10.5. The van der Waals surface area contributed by atoms with Crippen LogP contribution in [-0.4, -0.2) is 63.3 Å². The molecule has 0 bridgehead atoms. The average molecular weight is 475 g/mol. The number of carboxylic acids is 1. The molecule has 0 spiro atoms. The number of unbranched alkanes of at least 4 members (excludes halogenated alkanes) is 1. The Bertz CT molecular complexity index is 830. The van der Waals surface area contributed by atoms with Gasteiger partial charge in [0.15, 0.2) is 6.10 Å². The van der Waals surface area contributed by atoms with Crippen LogP contribution in [0.25, 0.3) is 0 Å². The molecule has 2 rings (SSSR count). The van der Waals surface area contributed by atoms with Crippen LogP contribution < -0.4 is 10.1 Å². The van der Waals surface area contributed by atoms with E-state index >= 15 is 0 Å². The summed E-state index contributed by atoms with van der Waals surface area (Å²) in [6.07, 6.45) is -3.36. The highest BCUT2D eigenvalue weighted by Crippen LogP contribution is 2.32. The Balaban J connectivity index is 1.88. The number of aliphatic hydroxyl groups excluding tert-OH is 3. The van der Waals surface area contributed by atoms with Crippen molar-refractivity contribution in [3.63, 3.8) is 0 Å². The molecular formula is C22H28F3NO7. The van der Waals surface area contributed by atoms with Crippen LogP contribution in [0.5, 0.6) is 5.75 Å². The van der Waals surface area contributed by atoms with Gasteiger partial charge in [0.05, 0.1) is 23.8 Å². The topological polar surface area (TPSA) is 136 Å². The van der Waals surface area contributed by atoms with Gasteiger partial charge in [-0.15, -0.1) is 0 Å². The minimum Gasteiger partial charge on any atom is -0.490 e. The molecule has 184 valence electrons. The second-order valence-corrected chi connectivity index (χ2v) is 7.91. The zero-order valence-corrected chi connectivity index (χ0v) is 17.7. The summed E-state index contributed by atoms with van der Waals surface area (Å²) in [4.78, 5) is 22.8. The van der Waals surface area contributed by atoms with E-state index in [4.69, 9.17) is 9.84 Å². The van der Waals surface area contributed by atoms with Crippen LogP contribution in [0, 0.1) is 5.92 Å². The molecule has 0 saturated heterocycles. The van der Waals surface area contributed by atoms with Crippen LogP contribution in [0.3, 0.4) is 0 Å². The van der Waals surface area contributed by atoms with Crippen molar-refractivity contribution in [2.24, 2.45) is 5.92 Å². The third-order valence-electron chi connectivity index (χ3n) is 5.37. The molecule has 8 nitrogen and oxygen atoms in total. The van der Waals surface area contributed by atoms with E-state index in [2.05, 4.69) is 5.32 Å². The van der Waals surface area contributed by atoms with E-state index < -0.39 is 60.5 Å². The van der Waals surface area contributed by atoms with Gasteiger partial charge in [0, 0.05) is 18.8 Å². The SMILES string of the molecule is O=C(O)CCC/C=C\C[C@@H]1[C@@H](NC(=O)[C@H](O)COc2cccc(C(F)(F)F)c2)[C@H](O)C[C@@H]1O. The zero-order chi connectivity index (χ0) is 24.6. The molecule has 1 aromatic carbocycles. The van der Waals surface area contributed by atoms with E-state index in [-0.39, 0.29) is 18.6 Å². The van der Waals surface area contributed by atoms with E-state index in [1.54, 1.807) is 12.2 Å². The van der Waals surface area contributed by atoms with Gasteiger partial charge in [0.25, 0.3) is 5.91 Å². The van der Waals surface area contributed by atoms with Crippen molar-refractivity contribution >= 4 is 11.9 Å². The summed E-state index contributed by atoms with van der Waals surface area (Å²) in [6.45, 7) is -0.605. The fourth-order valence-electron chi connectivity index (χ4n) is 3.62. The second kappa shape index (κ2) is 12.0. The largest absolute Gasteiger partial charge is 0.490 e. The van der Waals surface area contributed by atoms with E-state index in [0.717, 1.165) is 18.2 Å². The molecule has 1 aromatic rings. The predicted octanol–water partition coefficient (Wildman–Crippen LogP) is 1.87. The van der Waals surface area contributed by atoms with Crippen molar-refractivity contribution in [2.45, 2.75) is 62.6 Å². The zero-order valence-electron chi connectivity index (χ0n) is 17.7. The second-order valence-electron chi connectivity index (χ2n) is 7.91. The lowest BCUT2D eigenvalue weighted by atomic mass is 9.96. The summed E-state index contributed by atoms with van der Waals surface area (Å²) in [7, 11) is 0. The molecule has 11 heteroatoms. The standard InChI is InChI=1S/C22H28F3NO7/c23-22(24,25)13-6-5-7-14(10-13)33-12-18(29)21(32)26-20-15(16(27)11-17(20)28)8-3-1-2-4-9-19(30)31/h1,3,5-7,10,15-18,20,27-29H,2,4,8-9,11-12H2,(H,26,32)(H,30,31)/b3-1-/t15-,16-,17+,18+,20+/m0/s1. The summed E-state index contributed by atoms with van der Waals surface area (Å²) in [5.74, 6) is -2.48. The lowest BCUT2D eigenvalue weighted by molar-refractivity contribution is -0.138. The number of nitrogens with one attached hydrogen (secondary N) is 1. The third-order valence-corrected chi connectivity index (χ3v) is 5.37. The highest BCUT2D eigenvalue weighted by Gasteiger charge is 2.42. The monoisotopic (exact) mass is 475 g/mol. The quantitative estimate of drug-likeness (QED) is 0.243. The predicted molar refractivity (Wildman–Crippen MR) is 110 cm³/mol. The Morgan fingerprint density at radius 3 is 2.61 bits per heavy atom. The number of carbonyl (C=O) groups is 2. The number of ether oxygens (including phenoxy) is 1. The number of alkyl halides is 3. The van der Waals surface area contributed by atoms with Gasteiger partial charge >= 0.3 is 12.1 Å². The van der Waals surface area contributed by atoms with Crippen molar-refractivity contribution in [1.82, 2.24) is 5.32 Å². The molecule has 1 fully saturated rings. The maximum atomic E-state index is 12.8. The Morgan fingerprint density at radius 1 is 1.21 bits per heavy atom. The van der Waals surface area contributed by atoms with Crippen LogP contribution in [-0.2, 0) is 15.8 Å². The molecule has 0 aliphatic heterocycles. The number of allylic oxidation sites excluding steroid dienone is 2. The number of hydrogen-bond acceptors (Lipinski definition) is 6. The maximum absolute atomic E-state index is 12.8. The Hall–Kier alpha value is -2.63. The molecular weight excluding hydrogens is 447 g/mol. The molecule has 0 unspecified atom stereocenters. The lowest BCUT2D eigenvalue weighted by Crippen LogP contribution is -2.49. The Kier molecular flexibility index (Phi) is 9.69. The van der Waals surface area contributed by atoms with Gasteiger partial charge in [0.1, 0.15) is 12.4 Å². The molecule has 0 aromatic heterocycles. The molecule has 0 radical (unpaired) electrons. The maximum Gasteiger partial charge on any atom is 0.416 e. The van der Waals surface area contributed by atoms with Crippen LogP contribution in [0.1, 0.15) is 37.7 Å². The van der Waals surface area contributed by atoms with E-state index in [9.17, 15) is 38.1 Å². The van der Waals surface area contributed by atoms with Gasteiger partial charge in [-0.2, -0.15) is 13.2 Å². The number of amides is 1. The number of benzene rings is 1. The first kappa shape index (κ1) is 26.6. The fourth-order valence-corrected chi connectivity index (χ4v) is 3.62. The van der Waals surface area contributed by atoms with Gasteiger partial charge in [-0.3, -0.25) is 9.59 Å². The summed E-state index contributed by atoms with van der Waals surface area (Å²) >= 11 is 0. The van der Waals surface area contributed by atoms with Gasteiger partial charge in [-0.1, -0.05) is 18.2 Å². The molecule has 1 aliphatic rings. The molecule has 33 heavy (non-hydrogen) atoms. The number of hydrogen-bond donors (Lipinski definition) is 5. The minimum absolute atomic E-state index is 0.0271. The van der Waals surface area contributed by atoms with Crippen molar-refractivity contribution in [3.05, 3.63) is 42.0 Å². The number of carboxylic acid groups (broad SMARTS) is 1. The number of aliphatic hydroxyl groups is 3. The van der Waals surface area contributed by atoms with Crippen molar-refractivity contribution in [2.75, 3.05) is 6.61 Å². The highest BCUT2D eigenvalue weighted by molar-refractivity contribution is 5.81. The van der Waals surface area contributed by atoms with Crippen LogP contribution in [0.15, 0.2) is 36.4 Å². The van der Waals surface area contributed by atoms with Gasteiger partial charge in [-0.25, -0.2) is 0 Å². The molecule has 1 saturated carbocycles. The summed E-state index contributed by atoms with van der Waals surface area (Å²) in [5.41, 5.74) is -0.930. The van der Waals surface area contributed by atoms with Gasteiger partial charge < -0.3 is 30.5 Å². The number of carbonyl (C=O) groups excluding carboxylic acids is 1. The van der Waals surface area contributed by atoms with Crippen LogP contribution in [0.4, 0.5) is 13.2 Å². The number of aliphatic carboxylic acids is 1. The smallest absolute Gasteiger partial charge is 0.416 e. The van der Waals surface area contributed by atoms with E-state index in [0.29, 0.717) is 19.3 Å². The fraction of sp³-hybridized carbons (Fsp3) is 0.545. The van der Waals surface area contributed by atoms with Crippen LogP contribution >= 0.6 is 0 Å². The van der Waals surface area contributed by atoms with Gasteiger partial charge in [-0.05, 0) is 37.5 Å². The molecule has 5 N–H and O–H groups in total. The lowest BCUT2D eigenvalue weighted by Gasteiger charge is -2.25. The van der Waals surface area contributed by atoms with Crippen molar-refractivity contribution in [3.8, 4) is 5.75 Å². The van der Waals surface area contributed by atoms with Crippen LogP contribution in [0.2, 0.25) is 0 Å². The molecule has 5 atom stereocenters. The molecule has 1 aliphatic carbocycles. The Labute approximate surface area is 188 Å². The molecule has 1 amide bonds. The minimum atomic E-state index is -4.56. The summed E-state index contributed by atoms with van der Waals surface area (Å²) in [6, 6.07) is 3.17. The number of halogens is 3. The summed E-state index contributed by atoms with van der Waals surface area (Å²) in [5, 5.41) is 41.5. The van der Waals surface area contributed by atoms with Gasteiger partial charge in [0.2, 0.25) is 0 Å². The normalized spacial score (nSPS) is 24.1. The molecule has 0 heterocycles. The highest BCUT2D eigenvalue weighted by atomic mass is 19.4. The van der Waals surface area contributed by atoms with Crippen molar-refractivity contribution in [1.29, 1.82) is 0 Å². The Morgan fingerprint density at radius 2 is 1.94 bits per heavy atom. The first-order valence-electron chi connectivity index (χ1n) is 10.5. The van der Waals surface area contributed by atoms with Crippen molar-refractivity contribution < 1.29 is 47.9 Å². The number of rotatable bonds is 11. The van der Waals surface area contributed by atoms with E-state index in [1.807, 2.05) is 0 Å². The third kappa shape index (κ3) is 8.34. The first-order chi connectivity index (χ1) is 15.5.